The molecule has 0 N–H and O–H groups in total. The summed E-state index contributed by atoms with van der Waals surface area (Å²) in [6, 6.07) is 10.6. The molecule has 0 unspecified atom stereocenters. The molecule has 150 valence electrons. The lowest BCUT2D eigenvalue weighted by Gasteiger charge is -2.35. The van der Waals surface area contributed by atoms with Crippen LogP contribution in [-0.4, -0.2) is 46.8 Å². The second-order valence-electron chi connectivity index (χ2n) is 9.43. The highest BCUT2D eigenvalue weighted by atomic mass is 16.2. The van der Waals surface area contributed by atoms with Crippen LogP contribution in [0, 0.1) is 17.8 Å². The number of rotatable bonds is 4. The molecule has 2 aliphatic heterocycles. The molecule has 2 aliphatic carbocycles. The Morgan fingerprint density at radius 1 is 0.893 bits per heavy atom. The van der Waals surface area contributed by atoms with Crippen LogP contribution in [0.15, 0.2) is 30.3 Å². The van der Waals surface area contributed by atoms with Crippen molar-refractivity contribution in [1.29, 1.82) is 0 Å². The molecule has 1 aromatic carbocycles. The molecule has 2 saturated heterocycles. The number of fused-ring (bicyclic) bond motifs is 1. The molecule has 4 fully saturated rings. The molecule has 28 heavy (non-hydrogen) atoms. The smallest absolute Gasteiger partial charge is 0.245 e. The maximum absolute atomic E-state index is 13.5. The van der Waals surface area contributed by atoms with Gasteiger partial charge in [-0.2, -0.15) is 0 Å². The van der Waals surface area contributed by atoms with Crippen LogP contribution in [0.25, 0.3) is 0 Å². The molecule has 2 saturated carbocycles. The first-order valence-corrected chi connectivity index (χ1v) is 11.4. The quantitative estimate of drug-likeness (QED) is 0.800. The Morgan fingerprint density at radius 2 is 1.64 bits per heavy atom. The van der Waals surface area contributed by atoms with Crippen molar-refractivity contribution in [3.8, 4) is 0 Å². The van der Waals surface area contributed by atoms with Gasteiger partial charge in [0.15, 0.2) is 0 Å². The first-order chi connectivity index (χ1) is 13.7. The van der Waals surface area contributed by atoms with Crippen LogP contribution in [0.4, 0.5) is 0 Å². The third kappa shape index (κ3) is 3.35. The topological polar surface area (TPSA) is 40.6 Å². The largest absolute Gasteiger partial charge is 0.341 e. The van der Waals surface area contributed by atoms with Crippen LogP contribution in [0.2, 0.25) is 0 Å². The Labute approximate surface area is 168 Å². The lowest BCUT2D eigenvalue weighted by molar-refractivity contribution is -0.146. The Bertz CT molecular complexity index is 727. The van der Waals surface area contributed by atoms with E-state index < -0.39 is 0 Å². The summed E-state index contributed by atoms with van der Waals surface area (Å²) < 4.78 is 0. The summed E-state index contributed by atoms with van der Waals surface area (Å²) in [5.41, 5.74) is 1.32. The minimum atomic E-state index is -0.184. The average molecular weight is 381 g/mol. The summed E-state index contributed by atoms with van der Waals surface area (Å²) in [5.74, 6) is 1.66. The zero-order valence-electron chi connectivity index (χ0n) is 16.8. The fourth-order valence-electron chi connectivity index (χ4n) is 6.03. The second-order valence-corrected chi connectivity index (χ2v) is 9.43. The van der Waals surface area contributed by atoms with Crippen LogP contribution in [0.5, 0.6) is 0 Å². The van der Waals surface area contributed by atoms with E-state index in [1.807, 2.05) is 11.0 Å². The normalized spacial score (nSPS) is 34.4. The Kier molecular flexibility index (Phi) is 4.90. The molecular weight excluding hydrogens is 348 g/mol. The highest BCUT2D eigenvalue weighted by molar-refractivity contribution is 5.91. The SMILES string of the molecule is O=C([C@@H]1C[C@@H]2CCCC[C@@H]2N1C(=O)[C@@H]1C[C@H]1Cc1ccccc1)N1CCCC1. The van der Waals surface area contributed by atoms with E-state index in [-0.39, 0.29) is 23.8 Å². The molecule has 0 bridgehead atoms. The summed E-state index contributed by atoms with van der Waals surface area (Å²) in [6.45, 7) is 1.76. The molecule has 2 amide bonds. The van der Waals surface area contributed by atoms with E-state index in [4.69, 9.17) is 0 Å². The molecule has 0 spiro atoms. The van der Waals surface area contributed by atoms with Gasteiger partial charge in [0.1, 0.15) is 6.04 Å². The predicted octanol–water partition coefficient (Wildman–Crippen LogP) is 3.65. The molecule has 0 radical (unpaired) electrons. The van der Waals surface area contributed by atoms with Gasteiger partial charge in [0.25, 0.3) is 0 Å². The van der Waals surface area contributed by atoms with Gasteiger partial charge in [-0.15, -0.1) is 0 Å². The Morgan fingerprint density at radius 3 is 2.43 bits per heavy atom. The van der Waals surface area contributed by atoms with Crippen molar-refractivity contribution in [1.82, 2.24) is 9.80 Å². The van der Waals surface area contributed by atoms with Gasteiger partial charge in [-0.05, 0) is 62.3 Å². The van der Waals surface area contributed by atoms with E-state index >= 15 is 0 Å². The summed E-state index contributed by atoms with van der Waals surface area (Å²) in [6.07, 6.45) is 9.86. The summed E-state index contributed by atoms with van der Waals surface area (Å²) in [4.78, 5) is 30.9. The molecule has 5 atom stereocenters. The molecule has 4 nitrogen and oxygen atoms in total. The number of hydrogen-bond acceptors (Lipinski definition) is 2. The molecule has 4 heteroatoms. The van der Waals surface area contributed by atoms with Crippen molar-refractivity contribution in [3.63, 3.8) is 0 Å². The number of carbonyl (C=O) groups is 2. The fourth-order valence-corrected chi connectivity index (χ4v) is 6.03. The third-order valence-electron chi connectivity index (χ3n) is 7.63. The monoisotopic (exact) mass is 380 g/mol. The van der Waals surface area contributed by atoms with E-state index in [2.05, 4.69) is 29.2 Å². The first-order valence-electron chi connectivity index (χ1n) is 11.4. The van der Waals surface area contributed by atoms with Crippen molar-refractivity contribution < 1.29 is 9.59 Å². The van der Waals surface area contributed by atoms with Crippen LogP contribution >= 0.6 is 0 Å². The van der Waals surface area contributed by atoms with Gasteiger partial charge >= 0.3 is 0 Å². The predicted molar refractivity (Wildman–Crippen MR) is 109 cm³/mol. The van der Waals surface area contributed by atoms with Gasteiger partial charge < -0.3 is 9.80 Å². The number of benzene rings is 1. The van der Waals surface area contributed by atoms with E-state index in [1.165, 1.54) is 24.8 Å². The Balaban J connectivity index is 1.31. The summed E-state index contributed by atoms with van der Waals surface area (Å²) in [5, 5.41) is 0. The van der Waals surface area contributed by atoms with Crippen molar-refractivity contribution >= 4 is 11.8 Å². The van der Waals surface area contributed by atoms with Crippen LogP contribution in [-0.2, 0) is 16.0 Å². The average Bonchev–Trinajstić information content (AvgIpc) is 3.14. The van der Waals surface area contributed by atoms with Gasteiger partial charge in [0.2, 0.25) is 11.8 Å². The zero-order valence-corrected chi connectivity index (χ0v) is 16.8. The van der Waals surface area contributed by atoms with Gasteiger partial charge in [-0.3, -0.25) is 9.59 Å². The molecule has 2 heterocycles. The minimum Gasteiger partial charge on any atom is -0.341 e. The van der Waals surface area contributed by atoms with E-state index in [9.17, 15) is 9.59 Å². The van der Waals surface area contributed by atoms with Crippen molar-refractivity contribution in [3.05, 3.63) is 35.9 Å². The van der Waals surface area contributed by atoms with Crippen LogP contribution < -0.4 is 0 Å². The standard InChI is InChI=1S/C24H32N2O2/c27-23(20-15-19(20)14-17-8-2-1-3-9-17)26-21-11-5-4-10-18(21)16-22(26)24(28)25-12-6-7-13-25/h1-3,8-9,18-22H,4-7,10-16H2/t18-,19+,20+,21-,22-/m0/s1. The van der Waals surface area contributed by atoms with Crippen LogP contribution in [0.1, 0.15) is 56.9 Å². The van der Waals surface area contributed by atoms with Gasteiger partial charge in [-0.1, -0.05) is 43.2 Å². The second kappa shape index (κ2) is 7.53. The Hall–Kier alpha value is -1.84. The molecular formula is C24H32N2O2. The lowest BCUT2D eigenvalue weighted by atomic mass is 9.84. The molecule has 0 aromatic heterocycles. The summed E-state index contributed by atoms with van der Waals surface area (Å²) in [7, 11) is 0. The maximum Gasteiger partial charge on any atom is 0.245 e. The highest BCUT2D eigenvalue weighted by Gasteiger charge is 2.53. The number of likely N-dealkylation sites (tertiary alicyclic amines) is 2. The van der Waals surface area contributed by atoms with Gasteiger partial charge in [0.05, 0.1) is 0 Å². The zero-order chi connectivity index (χ0) is 19.1. The lowest BCUT2D eigenvalue weighted by Crippen LogP contribution is -2.50. The number of carbonyl (C=O) groups excluding carboxylic acids is 2. The van der Waals surface area contributed by atoms with Gasteiger partial charge in [0, 0.05) is 25.0 Å². The fraction of sp³-hybridized carbons (Fsp3) is 0.667. The van der Waals surface area contributed by atoms with Crippen LogP contribution in [0.3, 0.4) is 0 Å². The number of nitrogens with zero attached hydrogens (tertiary/aromatic N) is 2. The number of amides is 2. The van der Waals surface area contributed by atoms with E-state index in [0.717, 1.165) is 51.6 Å². The van der Waals surface area contributed by atoms with Gasteiger partial charge in [-0.25, -0.2) is 0 Å². The maximum atomic E-state index is 13.5. The highest BCUT2D eigenvalue weighted by Crippen LogP contribution is 2.47. The van der Waals surface area contributed by atoms with E-state index in [0.29, 0.717) is 17.9 Å². The summed E-state index contributed by atoms with van der Waals surface area (Å²) >= 11 is 0. The number of hydrogen-bond donors (Lipinski definition) is 0. The van der Waals surface area contributed by atoms with Crippen molar-refractivity contribution in [2.24, 2.45) is 17.8 Å². The van der Waals surface area contributed by atoms with Crippen molar-refractivity contribution in [2.75, 3.05) is 13.1 Å². The molecule has 5 rings (SSSR count). The van der Waals surface area contributed by atoms with Crippen molar-refractivity contribution in [2.45, 2.75) is 69.9 Å². The minimum absolute atomic E-state index is 0.134. The third-order valence-corrected chi connectivity index (χ3v) is 7.63. The molecule has 1 aromatic rings. The first kappa shape index (κ1) is 18.2. The molecule has 4 aliphatic rings. The van der Waals surface area contributed by atoms with E-state index in [1.54, 1.807) is 0 Å².